The van der Waals surface area contributed by atoms with E-state index in [-0.39, 0.29) is 10.9 Å². The van der Waals surface area contributed by atoms with E-state index in [9.17, 15) is 8.42 Å². The summed E-state index contributed by atoms with van der Waals surface area (Å²) in [6.07, 6.45) is 1.88. The number of nitrogens with zero attached hydrogens (tertiary/aromatic N) is 2. The maximum Gasteiger partial charge on any atom is 0.243 e. The minimum atomic E-state index is -3.64. The van der Waals surface area contributed by atoms with Gasteiger partial charge in [0.15, 0.2) is 0 Å². The first-order valence-electron chi connectivity index (χ1n) is 11.8. The van der Waals surface area contributed by atoms with Crippen molar-refractivity contribution in [3.63, 3.8) is 0 Å². The molecule has 0 spiro atoms. The van der Waals surface area contributed by atoms with E-state index in [1.165, 1.54) is 11.1 Å². The number of sulfonamides is 1. The molecule has 1 saturated heterocycles. The Bertz CT molecular complexity index is 1130. The van der Waals surface area contributed by atoms with E-state index in [4.69, 9.17) is 16.3 Å². The number of hydrogen-bond donors (Lipinski definition) is 0. The predicted octanol–water partition coefficient (Wildman–Crippen LogP) is 5.61. The van der Waals surface area contributed by atoms with E-state index in [1.807, 2.05) is 36.4 Å². The van der Waals surface area contributed by atoms with Gasteiger partial charge in [0.05, 0.1) is 22.6 Å². The fraction of sp³-hybridized carbons (Fsp3) is 0.333. The standard InChI is InChI=1S/C27H31ClN2O3S/c1-2-3-20-33-26-21-24(14-15-25(26)28)34(31,32)30-18-16-29(17-19-30)27(22-10-6-4-7-11-22)23-12-8-5-9-13-23/h4-15,21,27H,2-3,16-20H2,1H3. The fourth-order valence-electron chi connectivity index (χ4n) is 4.32. The summed E-state index contributed by atoms with van der Waals surface area (Å²) >= 11 is 6.24. The fourth-order valence-corrected chi connectivity index (χ4v) is 5.93. The van der Waals surface area contributed by atoms with Crippen LogP contribution in [0.1, 0.15) is 36.9 Å². The summed E-state index contributed by atoms with van der Waals surface area (Å²) in [4.78, 5) is 2.58. The second-order valence-corrected chi connectivity index (χ2v) is 10.8. The van der Waals surface area contributed by atoms with Crippen LogP contribution >= 0.6 is 11.6 Å². The average Bonchev–Trinajstić information content (AvgIpc) is 2.87. The first-order valence-corrected chi connectivity index (χ1v) is 13.6. The summed E-state index contributed by atoms with van der Waals surface area (Å²) in [7, 11) is -3.64. The molecule has 0 aliphatic carbocycles. The predicted molar refractivity (Wildman–Crippen MR) is 137 cm³/mol. The molecule has 0 saturated carbocycles. The van der Waals surface area contributed by atoms with E-state index < -0.39 is 10.0 Å². The second kappa shape index (κ2) is 11.4. The van der Waals surface area contributed by atoms with Crippen molar-refractivity contribution in [3.8, 4) is 5.75 Å². The summed E-state index contributed by atoms with van der Waals surface area (Å²) in [6, 6.07) is 25.6. The molecule has 1 fully saturated rings. The Morgan fingerprint density at radius 3 is 2.03 bits per heavy atom. The van der Waals surface area contributed by atoms with E-state index in [0.717, 1.165) is 12.8 Å². The van der Waals surface area contributed by atoms with E-state index in [2.05, 4.69) is 36.1 Å². The van der Waals surface area contributed by atoms with Crippen molar-refractivity contribution in [1.82, 2.24) is 9.21 Å². The van der Waals surface area contributed by atoms with Gasteiger partial charge in [-0.3, -0.25) is 4.90 Å². The molecule has 0 radical (unpaired) electrons. The Hall–Kier alpha value is -2.38. The van der Waals surface area contributed by atoms with Gasteiger partial charge < -0.3 is 4.74 Å². The van der Waals surface area contributed by atoms with Crippen LogP contribution in [0.2, 0.25) is 5.02 Å². The monoisotopic (exact) mass is 498 g/mol. The second-order valence-electron chi connectivity index (χ2n) is 8.46. The molecule has 1 aliphatic heterocycles. The lowest BCUT2D eigenvalue weighted by atomic mass is 9.96. The van der Waals surface area contributed by atoms with Crippen molar-refractivity contribution in [2.75, 3.05) is 32.8 Å². The van der Waals surface area contributed by atoms with Crippen LogP contribution in [0.5, 0.6) is 5.75 Å². The zero-order valence-electron chi connectivity index (χ0n) is 19.4. The average molecular weight is 499 g/mol. The Labute approximate surface area is 208 Å². The molecule has 0 amide bonds. The first-order chi connectivity index (χ1) is 16.5. The van der Waals surface area contributed by atoms with Crippen LogP contribution in [0.3, 0.4) is 0 Å². The van der Waals surface area contributed by atoms with Crippen LogP contribution in [0.15, 0.2) is 83.8 Å². The van der Waals surface area contributed by atoms with Crippen LogP contribution in [-0.4, -0.2) is 50.4 Å². The van der Waals surface area contributed by atoms with E-state index in [1.54, 1.807) is 22.5 Å². The molecule has 5 nitrogen and oxygen atoms in total. The van der Waals surface area contributed by atoms with E-state index >= 15 is 0 Å². The number of hydrogen-bond acceptors (Lipinski definition) is 4. The molecule has 7 heteroatoms. The summed E-state index contributed by atoms with van der Waals surface area (Å²) in [5, 5.41) is 0.424. The highest BCUT2D eigenvalue weighted by atomic mass is 35.5. The lowest BCUT2D eigenvalue weighted by molar-refractivity contribution is 0.156. The molecule has 4 rings (SSSR count). The third-order valence-corrected chi connectivity index (χ3v) is 8.37. The van der Waals surface area contributed by atoms with Crippen molar-refractivity contribution in [2.24, 2.45) is 0 Å². The molecule has 0 unspecified atom stereocenters. The molecular formula is C27H31ClN2O3S. The SMILES string of the molecule is CCCCOc1cc(S(=O)(=O)N2CCN(C(c3ccccc3)c3ccccc3)CC2)ccc1Cl. The molecule has 34 heavy (non-hydrogen) atoms. The third kappa shape index (κ3) is 5.63. The molecule has 3 aromatic carbocycles. The highest BCUT2D eigenvalue weighted by Gasteiger charge is 2.32. The number of halogens is 1. The van der Waals surface area contributed by atoms with Gasteiger partial charge in [-0.2, -0.15) is 4.31 Å². The molecule has 1 aliphatic rings. The minimum Gasteiger partial charge on any atom is -0.492 e. The van der Waals surface area contributed by atoms with Gasteiger partial charge in [-0.1, -0.05) is 85.6 Å². The molecule has 1 heterocycles. The molecule has 0 aromatic heterocycles. The van der Waals surface area contributed by atoms with Crippen molar-refractivity contribution in [2.45, 2.75) is 30.7 Å². The minimum absolute atomic E-state index is 0.0846. The Morgan fingerprint density at radius 1 is 0.882 bits per heavy atom. The van der Waals surface area contributed by atoms with Crippen LogP contribution in [0.25, 0.3) is 0 Å². The summed E-state index contributed by atoms with van der Waals surface area (Å²) in [5.74, 6) is 0.419. The first kappa shape index (κ1) is 24.7. The smallest absolute Gasteiger partial charge is 0.243 e. The summed E-state index contributed by atoms with van der Waals surface area (Å²) in [6.45, 7) is 4.72. The van der Waals surface area contributed by atoms with Crippen LogP contribution in [-0.2, 0) is 10.0 Å². The molecule has 0 N–H and O–H groups in total. The highest BCUT2D eigenvalue weighted by molar-refractivity contribution is 7.89. The third-order valence-electron chi connectivity index (χ3n) is 6.16. The van der Waals surface area contributed by atoms with Gasteiger partial charge in [0.25, 0.3) is 0 Å². The van der Waals surface area contributed by atoms with Gasteiger partial charge in [0.2, 0.25) is 10.0 Å². The zero-order valence-corrected chi connectivity index (χ0v) is 21.0. The lowest BCUT2D eigenvalue weighted by Gasteiger charge is -2.39. The highest BCUT2D eigenvalue weighted by Crippen LogP contribution is 2.32. The lowest BCUT2D eigenvalue weighted by Crippen LogP contribution is -2.49. The van der Waals surface area contributed by atoms with Gasteiger partial charge in [-0.15, -0.1) is 0 Å². The van der Waals surface area contributed by atoms with Crippen LogP contribution in [0, 0.1) is 0 Å². The largest absolute Gasteiger partial charge is 0.492 e. The topological polar surface area (TPSA) is 49.9 Å². The Balaban J connectivity index is 1.51. The van der Waals surface area contributed by atoms with Crippen molar-refractivity contribution >= 4 is 21.6 Å². The number of piperazine rings is 1. The van der Waals surface area contributed by atoms with Gasteiger partial charge in [0.1, 0.15) is 5.75 Å². The normalized spacial score (nSPS) is 15.5. The van der Waals surface area contributed by atoms with Crippen molar-refractivity contribution < 1.29 is 13.2 Å². The van der Waals surface area contributed by atoms with Gasteiger partial charge in [0, 0.05) is 32.2 Å². The number of ether oxygens (including phenoxy) is 1. The molecular weight excluding hydrogens is 468 g/mol. The van der Waals surface area contributed by atoms with Crippen molar-refractivity contribution in [1.29, 1.82) is 0 Å². The molecule has 3 aromatic rings. The Morgan fingerprint density at radius 2 is 1.47 bits per heavy atom. The van der Waals surface area contributed by atoms with Crippen molar-refractivity contribution in [3.05, 3.63) is 95.0 Å². The summed E-state index contributed by atoms with van der Waals surface area (Å²) in [5.41, 5.74) is 2.41. The zero-order chi connectivity index (χ0) is 24.0. The van der Waals surface area contributed by atoms with Gasteiger partial charge in [-0.05, 0) is 29.7 Å². The van der Waals surface area contributed by atoms with Crippen LogP contribution in [0.4, 0.5) is 0 Å². The number of benzene rings is 3. The maximum atomic E-state index is 13.4. The maximum absolute atomic E-state index is 13.4. The summed E-state index contributed by atoms with van der Waals surface area (Å²) < 4.78 is 34.1. The molecule has 180 valence electrons. The molecule has 0 atom stereocenters. The van der Waals surface area contributed by atoms with Crippen LogP contribution < -0.4 is 4.74 Å². The number of rotatable bonds is 9. The van der Waals surface area contributed by atoms with E-state index in [0.29, 0.717) is 43.6 Å². The van der Waals surface area contributed by atoms with Gasteiger partial charge >= 0.3 is 0 Å². The quantitative estimate of drug-likeness (QED) is 0.359. The van der Waals surface area contributed by atoms with Gasteiger partial charge in [-0.25, -0.2) is 8.42 Å². The number of unbranched alkanes of at least 4 members (excludes halogenated alkanes) is 1. The molecule has 0 bridgehead atoms. The Kier molecular flexibility index (Phi) is 8.27.